The molecule has 0 N–H and O–H groups in total. The largest absolute Gasteiger partial charge is 0.481 e. The van der Waals surface area contributed by atoms with Gasteiger partial charge in [0.25, 0.3) is 12.0 Å². The molecule has 1 aliphatic rings. The third-order valence-electron chi connectivity index (χ3n) is 4.32. The SMILES string of the molecule is COc1cc(CN2CCN(c3cnn(CC(F)F)c(=O)c3)CC2)ccn1. The van der Waals surface area contributed by atoms with Gasteiger partial charge in [0.15, 0.2) is 0 Å². The summed E-state index contributed by atoms with van der Waals surface area (Å²) >= 11 is 0. The summed E-state index contributed by atoms with van der Waals surface area (Å²) in [6, 6.07) is 5.25. The van der Waals surface area contributed by atoms with E-state index in [4.69, 9.17) is 4.74 Å². The highest BCUT2D eigenvalue weighted by atomic mass is 19.3. The van der Waals surface area contributed by atoms with Crippen molar-refractivity contribution in [3.8, 4) is 5.88 Å². The number of alkyl halides is 2. The average molecular weight is 365 g/mol. The molecule has 2 aromatic rings. The lowest BCUT2D eigenvalue weighted by molar-refractivity contribution is 0.119. The summed E-state index contributed by atoms with van der Waals surface area (Å²) in [5.74, 6) is 0.594. The fraction of sp³-hybridized carbons (Fsp3) is 0.471. The maximum Gasteiger partial charge on any atom is 0.269 e. The second kappa shape index (κ2) is 8.22. The summed E-state index contributed by atoms with van der Waals surface area (Å²) in [5.41, 5.74) is 1.29. The Balaban J connectivity index is 1.58. The van der Waals surface area contributed by atoms with E-state index in [-0.39, 0.29) is 0 Å². The molecule has 0 atom stereocenters. The Morgan fingerprint density at radius 3 is 2.65 bits per heavy atom. The molecule has 0 spiro atoms. The van der Waals surface area contributed by atoms with Crippen molar-refractivity contribution in [2.24, 2.45) is 0 Å². The molecule has 9 heteroatoms. The number of halogens is 2. The van der Waals surface area contributed by atoms with Crippen molar-refractivity contribution < 1.29 is 13.5 Å². The van der Waals surface area contributed by atoms with Gasteiger partial charge < -0.3 is 9.64 Å². The molecule has 0 aliphatic carbocycles. The van der Waals surface area contributed by atoms with Crippen molar-refractivity contribution in [3.63, 3.8) is 0 Å². The summed E-state index contributed by atoms with van der Waals surface area (Å²) < 4.78 is 30.7. The minimum atomic E-state index is -2.60. The van der Waals surface area contributed by atoms with Crippen LogP contribution in [0.25, 0.3) is 0 Å². The van der Waals surface area contributed by atoms with Gasteiger partial charge in [-0.15, -0.1) is 0 Å². The van der Waals surface area contributed by atoms with E-state index in [1.165, 1.54) is 12.3 Å². The highest BCUT2D eigenvalue weighted by molar-refractivity contribution is 5.43. The molecule has 0 unspecified atom stereocenters. The molecular formula is C17H21F2N5O2. The van der Waals surface area contributed by atoms with Crippen molar-refractivity contribution in [2.45, 2.75) is 19.5 Å². The van der Waals surface area contributed by atoms with E-state index in [1.54, 1.807) is 13.3 Å². The van der Waals surface area contributed by atoms with Gasteiger partial charge in [0.05, 0.1) is 19.0 Å². The van der Waals surface area contributed by atoms with Crippen LogP contribution in [-0.2, 0) is 13.1 Å². The van der Waals surface area contributed by atoms with Gasteiger partial charge in [0.1, 0.15) is 6.54 Å². The predicted octanol–water partition coefficient (Wildman–Crippen LogP) is 1.23. The second-order valence-corrected chi connectivity index (χ2v) is 6.09. The van der Waals surface area contributed by atoms with Gasteiger partial charge in [-0.05, 0) is 11.6 Å². The topological polar surface area (TPSA) is 63.5 Å². The summed E-state index contributed by atoms with van der Waals surface area (Å²) in [4.78, 5) is 20.3. The summed E-state index contributed by atoms with van der Waals surface area (Å²) in [6.07, 6.45) is 0.610. The van der Waals surface area contributed by atoms with Gasteiger partial charge in [-0.1, -0.05) is 0 Å². The Hall–Kier alpha value is -2.55. The first-order valence-corrected chi connectivity index (χ1v) is 8.36. The van der Waals surface area contributed by atoms with E-state index < -0.39 is 18.5 Å². The van der Waals surface area contributed by atoms with Gasteiger partial charge >= 0.3 is 0 Å². The molecule has 0 saturated carbocycles. The lowest BCUT2D eigenvalue weighted by Gasteiger charge is -2.35. The first kappa shape index (κ1) is 18.2. The predicted molar refractivity (Wildman–Crippen MR) is 92.8 cm³/mol. The third-order valence-corrected chi connectivity index (χ3v) is 4.32. The zero-order chi connectivity index (χ0) is 18.5. The van der Waals surface area contributed by atoms with Gasteiger partial charge in [-0.25, -0.2) is 18.4 Å². The Labute approximate surface area is 149 Å². The number of ether oxygens (including phenoxy) is 1. The molecular weight excluding hydrogens is 344 g/mol. The fourth-order valence-electron chi connectivity index (χ4n) is 2.95. The first-order chi connectivity index (χ1) is 12.5. The Morgan fingerprint density at radius 1 is 1.23 bits per heavy atom. The van der Waals surface area contributed by atoms with Crippen LogP contribution in [-0.4, -0.2) is 59.4 Å². The minimum absolute atomic E-state index is 0.505. The fourth-order valence-corrected chi connectivity index (χ4v) is 2.95. The molecule has 1 fully saturated rings. The second-order valence-electron chi connectivity index (χ2n) is 6.09. The van der Waals surface area contributed by atoms with E-state index in [0.717, 1.165) is 43.0 Å². The van der Waals surface area contributed by atoms with Crippen LogP contribution < -0.4 is 15.2 Å². The number of aromatic nitrogens is 3. The highest BCUT2D eigenvalue weighted by Crippen LogP contribution is 2.16. The number of nitrogens with zero attached hydrogens (tertiary/aromatic N) is 5. The summed E-state index contributed by atoms with van der Waals surface area (Å²) in [5, 5.41) is 3.85. The van der Waals surface area contributed by atoms with Crippen LogP contribution in [0, 0.1) is 0 Å². The van der Waals surface area contributed by atoms with Crippen LogP contribution >= 0.6 is 0 Å². The number of anilines is 1. The van der Waals surface area contributed by atoms with E-state index in [9.17, 15) is 13.6 Å². The van der Waals surface area contributed by atoms with Crippen molar-refractivity contribution in [3.05, 3.63) is 46.5 Å². The molecule has 2 aromatic heterocycles. The van der Waals surface area contributed by atoms with Crippen LogP contribution in [0.1, 0.15) is 5.56 Å². The molecule has 0 bridgehead atoms. The highest BCUT2D eigenvalue weighted by Gasteiger charge is 2.19. The monoisotopic (exact) mass is 365 g/mol. The molecule has 0 amide bonds. The van der Waals surface area contributed by atoms with Gasteiger partial charge in [-0.2, -0.15) is 5.10 Å². The number of methoxy groups -OCH3 is 1. The Kier molecular flexibility index (Phi) is 5.77. The number of pyridine rings is 1. The molecule has 3 rings (SSSR count). The van der Waals surface area contributed by atoms with E-state index in [2.05, 4.69) is 15.0 Å². The molecule has 0 aromatic carbocycles. The molecule has 0 radical (unpaired) electrons. The molecule has 1 saturated heterocycles. The molecule has 140 valence electrons. The van der Waals surface area contributed by atoms with Gasteiger partial charge in [0.2, 0.25) is 5.88 Å². The number of hydrogen-bond acceptors (Lipinski definition) is 6. The Bertz CT molecular complexity index is 791. The van der Waals surface area contributed by atoms with Crippen LogP contribution in [0.4, 0.5) is 14.5 Å². The number of rotatable bonds is 6. The van der Waals surface area contributed by atoms with Crippen molar-refractivity contribution in [1.82, 2.24) is 19.7 Å². The van der Waals surface area contributed by atoms with Crippen LogP contribution in [0.3, 0.4) is 0 Å². The maximum absolute atomic E-state index is 12.4. The molecule has 7 nitrogen and oxygen atoms in total. The van der Waals surface area contributed by atoms with Crippen LogP contribution in [0.15, 0.2) is 35.4 Å². The van der Waals surface area contributed by atoms with Gasteiger partial charge in [0, 0.05) is 51.1 Å². The maximum atomic E-state index is 12.4. The number of piperazine rings is 1. The van der Waals surface area contributed by atoms with Gasteiger partial charge in [-0.3, -0.25) is 9.69 Å². The zero-order valence-corrected chi connectivity index (χ0v) is 14.5. The van der Waals surface area contributed by atoms with E-state index in [0.29, 0.717) is 11.6 Å². The standard InChI is InChI=1S/C17H21F2N5O2/c1-26-16-8-13(2-3-20-16)11-22-4-6-23(7-5-22)14-9-17(25)24(21-10-14)12-15(18)19/h2-3,8-10,15H,4-7,11-12H2,1H3. The lowest BCUT2D eigenvalue weighted by atomic mass is 10.2. The molecule has 3 heterocycles. The summed E-state index contributed by atoms with van der Waals surface area (Å²) in [7, 11) is 1.59. The quantitative estimate of drug-likeness (QED) is 0.767. The van der Waals surface area contributed by atoms with Crippen molar-refractivity contribution >= 4 is 5.69 Å². The zero-order valence-electron chi connectivity index (χ0n) is 14.5. The first-order valence-electron chi connectivity index (χ1n) is 8.36. The van der Waals surface area contributed by atoms with Crippen LogP contribution in [0.2, 0.25) is 0 Å². The molecule has 1 aliphatic heterocycles. The average Bonchev–Trinajstić information content (AvgIpc) is 2.64. The summed E-state index contributed by atoms with van der Waals surface area (Å²) in [6.45, 7) is 3.24. The molecule has 26 heavy (non-hydrogen) atoms. The number of hydrogen-bond donors (Lipinski definition) is 0. The Morgan fingerprint density at radius 2 is 2.00 bits per heavy atom. The minimum Gasteiger partial charge on any atom is -0.481 e. The normalized spacial score (nSPS) is 15.5. The third kappa shape index (κ3) is 4.54. The lowest BCUT2D eigenvalue weighted by Crippen LogP contribution is -2.46. The van der Waals surface area contributed by atoms with Crippen molar-refractivity contribution in [1.29, 1.82) is 0 Å². The van der Waals surface area contributed by atoms with Crippen LogP contribution in [0.5, 0.6) is 5.88 Å². The smallest absolute Gasteiger partial charge is 0.269 e. The van der Waals surface area contributed by atoms with E-state index >= 15 is 0 Å². The van der Waals surface area contributed by atoms with Crippen molar-refractivity contribution in [2.75, 3.05) is 38.2 Å². The van der Waals surface area contributed by atoms with E-state index in [1.807, 2.05) is 17.0 Å².